The zero-order chi connectivity index (χ0) is 14.4. The number of urea groups is 1. The molecule has 1 aromatic rings. The molecule has 0 spiro atoms. The number of benzene rings is 1. The van der Waals surface area contributed by atoms with E-state index in [1.165, 1.54) is 25.2 Å². The molecular weight excluding hydrogens is 274 g/mol. The molecule has 8 heteroatoms. The first-order valence-corrected chi connectivity index (χ1v) is 5.55. The van der Waals surface area contributed by atoms with Gasteiger partial charge < -0.3 is 15.8 Å². The lowest BCUT2D eigenvalue weighted by Crippen LogP contribution is -2.39. The zero-order valence-electron chi connectivity index (χ0n) is 10.0. The van der Waals surface area contributed by atoms with E-state index < -0.39 is 24.5 Å². The van der Waals surface area contributed by atoms with Crippen molar-refractivity contribution in [3.63, 3.8) is 0 Å². The lowest BCUT2D eigenvalue weighted by Gasteiger charge is -2.07. The molecule has 1 rings (SSSR count). The second kappa shape index (κ2) is 6.60. The standard InChI is InChI=1S/C11H12ClN3O4/c1-14-11(18)15-9(16)5-19-10(17)7-4-6(12)2-3-8(7)13/h2-4H,5,13H2,1H3,(H2,14,15,16,18). The van der Waals surface area contributed by atoms with Gasteiger partial charge in [-0.2, -0.15) is 0 Å². The second-order valence-electron chi connectivity index (χ2n) is 3.44. The van der Waals surface area contributed by atoms with Crippen LogP contribution in [0.25, 0.3) is 0 Å². The summed E-state index contributed by atoms with van der Waals surface area (Å²) in [4.78, 5) is 33.6. The molecule has 7 nitrogen and oxygen atoms in total. The number of imide groups is 1. The Morgan fingerprint density at radius 3 is 2.68 bits per heavy atom. The second-order valence-corrected chi connectivity index (χ2v) is 3.87. The van der Waals surface area contributed by atoms with Crippen molar-refractivity contribution in [3.05, 3.63) is 28.8 Å². The Morgan fingerprint density at radius 2 is 2.05 bits per heavy atom. The summed E-state index contributed by atoms with van der Waals surface area (Å²) in [7, 11) is 1.35. The first kappa shape index (κ1) is 14.8. The maximum absolute atomic E-state index is 11.6. The Morgan fingerprint density at radius 1 is 1.37 bits per heavy atom. The third-order valence-corrected chi connectivity index (χ3v) is 2.28. The number of nitrogen functional groups attached to an aromatic ring is 1. The number of carbonyl (C=O) groups excluding carboxylic acids is 3. The number of ether oxygens (including phenoxy) is 1. The Kier molecular flexibility index (Phi) is 5.13. The van der Waals surface area contributed by atoms with Crippen LogP contribution in [0, 0.1) is 0 Å². The SMILES string of the molecule is CNC(=O)NC(=O)COC(=O)c1cc(Cl)ccc1N. The molecule has 0 saturated heterocycles. The third kappa shape index (κ3) is 4.47. The number of amides is 3. The summed E-state index contributed by atoms with van der Waals surface area (Å²) in [5, 5.41) is 4.44. The van der Waals surface area contributed by atoms with Crippen molar-refractivity contribution < 1.29 is 19.1 Å². The smallest absolute Gasteiger partial charge is 0.340 e. The lowest BCUT2D eigenvalue weighted by atomic mass is 10.2. The highest BCUT2D eigenvalue weighted by molar-refractivity contribution is 6.31. The summed E-state index contributed by atoms with van der Waals surface area (Å²) < 4.78 is 4.70. The topological polar surface area (TPSA) is 111 Å². The number of hydrogen-bond donors (Lipinski definition) is 3. The van der Waals surface area contributed by atoms with Gasteiger partial charge in [0.05, 0.1) is 5.56 Å². The van der Waals surface area contributed by atoms with Gasteiger partial charge in [-0.25, -0.2) is 9.59 Å². The van der Waals surface area contributed by atoms with E-state index in [9.17, 15) is 14.4 Å². The van der Waals surface area contributed by atoms with E-state index in [0.717, 1.165) is 0 Å². The van der Waals surface area contributed by atoms with Gasteiger partial charge in [0, 0.05) is 17.8 Å². The molecule has 0 aliphatic carbocycles. The lowest BCUT2D eigenvalue weighted by molar-refractivity contribution is -0.123. The highest BCUT2D eigenvalue weighted by atomic mass is 35.5. The summed E-state index contributed by atoms with van der Waals surface area (Å²) >= 11 is 5.72. The van der Waals surface area contributed by atoms with E-state index in [1.54, 1.807) is 0 Å². The molecule has 3 amide bonds. The Labute approximate surface area is 114 Å². The van der Waals surface area contributed by atoms with Crippen LogP contribution in [-0.2, 0) is 9.53 Å². The monoisotopic (exact) mass is 285 g/mol. The fourth-order valence-corrected chi connectivity index (χ4v) is 1.31. The number of anilines is 1. The molecule has 0 aliphatic rings. The van der Waals surface area contributed by atoms with Crippen molar-refractivity contribution in [2.24, 2.45) is 0 Å². The molecular formula is C11H12ClN3O4. The number of carbonyl (C=O) groups is 3. The van der Waals surface area contributed by atoms with E-state index in [1.807, 2.05) is 5.32 Å². The molecule has 19 heavy (non-hydrogen) atoms. The number of hydrogen-bond acceptors (Lipinski definition) is 5. The largest absolute Gasteiger partial charge is 0.452 e. The van der Waals surface area contributed by atoms with Crippen molar-refractivity contribution >= 4 is 35.2 Å². The number of nitrogens with one attached hydrogen (secondary N) is 2. The maximum atomic E-state index is 11.6. The van der Waals surface area contributed by atoms with Crippen molar-refractivity contribution in [2.75, 3.05) is 19.4 Å². The van der Waals surface area contributed by atoms with Crippen molar-refractivity contribution in [3.8, 4) is 0 Å². The maximum Gasteiger partial charge on any atom is 0.340 e. The normalized spacial score (nSPS) is 9.58. The van der Waals surface area contributed by atoms with Gasteiger partial charge in [-0.3, -0.25) is 10.1 Å². The van der Waals surface area contributed by atoms with Gasteiger partial charge in [0.15, 0.2) is 6.61 Å². The molecule has 0 aliphatic heterocycles. The molecule has 0 heterocycles. The first-order chi connectivity index (χ1) is 8.93. The van der Waals surface area contributed by atoms with Gasteiger partial charge in [0.2, 0.25) is 0 Å². The van der Waals surface area contributed by atoms with Crippen LogP contribution in [0.1, 0.15) is 10.4 Å². The molecule has 0 radical (unpaired) electrons. The summed E-state index contributed by atoms with van der Waals surface area (Å²) in [5.74, 6) is -1.56. The van der Waals surface area contributed by atoms with Gasteiger partial charge in [-0.1, -0.05) is 11.6 Å². The molecule has 4 N–H and O–H groups in total. The summed E-state index contributed by atoms with van der Waals surface area (Å²) in [6.45, 7) is -0.599. The van der Waals surface area contributed by atoms with Gasteiger partial charge in [0.1, 0.15) is 0 Å². The Bertz CT molecular complexity index is 519. The minimum Gasteiger partial charge on any atom is -0.452 e. The highest BCUT2D eigenvalue weighted by Crippen LogP contribution is 2.18. The van der Waals surface area contributed by atoms with Crippen LogP contribution in [0.5, 0.6) is 0 Å². The number of nitrogens with two attached hydrogens (primary N) is 1. The third-order valence-electron chi connectivity index (χ3n) is 2.05. The molecule has 0 fully saturated rings. The highest BCUT2D eigenvalue weighted by Gasteiger charge is 2.14. The van der Waals surface area contributed by atoms with Crippen LogP contribution in [0.15, 0.2) is 18.2 Å². The van der Waals surface area contributed by atoms with Crippen LogP contribution in [0.4, 0.5) is 10.5 Å². The predicted molar refractivity (Wildman–Crippen MR) is 68.7 cm³/mol. The fraction of sp³-hybridized carbons (Fsp3) is 0.182. The average Bonchev–Trinajstić information content (AvgIpc) is 2.38. The Balaban J connectivity index is 2.58. The van der Waals surface area contributed by atoms with E-state index in [4.69, 9.17) is 22.1 Å². The Hall–Kier alpha value is -2.28. The van der Waals surface area contributed by atoms with Gasteiger partial charge in [-0.05, 0) is 18.2 Å². The van der Waals surface area contributed by atoms with Crippen molar-refractivity contribution in [1.82, 2.24) is 10.6 Å². The predicted octanol–water partition coefficient (Wildman–Crippen LogP) is 0.535. The molecule has 0 bridgehead atoms. The summed E-state index contributed by atoms with van der Waals surface area (Å²) in [6.07, 6.45) is 0. The summed E-state index contributed by atoms with van der Waals surface area (Å²) in [6, 6.07) is 3.61. The molecule has 102 valence electrons. The van der Waals surface area contributed by atoms with E-state index in [2.05, 4.69) is 5.32 Å². The molecule has 0 atom stereocenters. The van der Waals surface area contributed by atoms with Gasteiger partial charge in [0.25, 0.3) is 5.91 Å². The van der Waals surface area contributed by atoms with Gasteiger partial charge in [-0.15, -0.1) is 0 Å². The quantitative estimate of drug-likeness (QED) is 0.554. The minimum absolute atomic E-state index is 0.0558. The van der Waals surface area contributed by atoms with Crippen LogP contribution in [0.3, 0.4) is 0 Å². The molecule has 1 aromatic carbocycles. The van der Waals surface area contributed by atoms with Crippen molar-refractivity contribution in [1.29, 1.82) is 0 Å². The van der Waals surface area contributed by atoms with E-state index in [0.29, 0.717) is 5.02 Å². The minimum atomic E-state index is -0.799. The first-order valence-electron chi connectivity index (χ1n) is 5.17. The number of halogens is 1. The average molecular weight is 286 g/mol. The molecule has 0 saturated carbocycles. The number of rotatable bonds is 3. The molecule has 0 aromatic heterocycles. The van der Waals surface area contributed by atoms with Crippen molar-refractivity contribution in [2.45, 2.75) is 0 Å². The van der Waals surface area contributed by atoms with E-state index >= 15 is 0 Å². The zero-order valence-corrected chi connectivity index (χ0v) is 10.8. The molecule has 0 unspecified atom stereocenters. The summed E-state index contributed by atoms with van der Waals surface area (Å²) in [5.41, 5.74) is 5.81. The fourth-order valence-electron chi connectivity index (χ4n) is 1.14. The van der Waals surface area contributed by atoms with E-state index in [-0.39, 0.29) is 11.3 Å². The van der Waals surface area contributed by atoms with Crippen LogP contribution in [0.2, 0.25) is 5.02 Å². The van der Waals surface area contributed by atoms with Crippen LogP contribution < -0.4 is 16.4 Å². The van der Waals surface area contributed by atoms with Crippen LogP contribution in [-0.4, -0.2) is 31.6 Å². The number of esters is 1. The van der Waals surface area contributed by atoms with Crippen LogP contribution >= 0.6 is 11.6 Å². The van der Waals surface area contributed by atoms with Gasteiger partial charge >= 0.3 is 12.0 Å².